The maximum atomic E-state index is 10.5. The number of aliphatic carboxylic acids is 1. The number of carboxylic acid groups (broad SMARTS) is 1. The Labute approximate surface area is 253 Å². The SMILES string of the molecule is C[N+]1(CCCCOc2ccc(Cc3cc([C@@H]4O[C@H](CO)[C@@H](O)[C@H](O)[C@H]4O)ccc3Cl)cc2)CCCC1.O=C([O-])C(F)(F)F. The standard InChI is InChI=1S/C28H39ClNO6.C2HF3O2/c1-30(12-2-3-13-30)14-4-5-15-35-22-9-6-19(7-10-22)16-21-17-20(8-11-23(21)29)28-27(34)26(33)25(32)24(18-31)36-28;3-2(4,5)1(6)7/h6-11,17,24-28,31-34H,2-5,12-16,18H2,1H3;(H,6,7)/q+1;/p-1/t24-,25-,26+,27-,28+;/m1./s1. The van der Waals surface area contributed by atoms with Gasteiger partial charge in [0, 0.05) is 17.9 Å². The van der Waals surface area contributed by atoms with Crippen molar-refractivity contribution in [2.45, 2.75) is 68.8 Å². The van der Waals surface area contributed by atoms with Crippen molar-refractivity contribution in [2.24, 2.45) is 0 Å². The van der Waals surface area contributed by atoms with Gasteiger partial charge in [0.25, 0.3) is 0 Å². The van der Waals surface area contributed by atoms with E-state index in [2.05, 4.69) is 7.05 Å². The van der Waals surface area contributed by atoms with Gasteiger partial charge in [-0.3, -0.25) is 0 Å². The number of hydrogen-bond acceptors (Lipinski definition) is 8. The summed E-state index contributed by atoms with van der Waals surface area (Å²) >= 11 is 6.46. The van der Waals surface area contributed by atoms with Gasteiger partial charge in [-0.05, 0) is 54.2 Å². The van der Waals surface area contributed by atoms with Crippen molar-refractivity contribution < 1.29 is 57.5 Å². The first-order chi connectivity index (χ1) is 20.2. The highest BCUT2D eigenvalue weighted by molar-refractivity contribution is 6.31. The van der Waals surface area contributed by atoms with Crippen LogP contribution in [0, 0.1) is 0 Å². The molecule has 4 rings (SSSR count). The molecule has 13 heteroatoms. The number of ether oxygens (including phenoxy) is 2. The van der Waals surface area contributed by atoms with Gasteiger partial charge in [0.1, 0.15) is 42.2 Å². The van der Waals surface area contributed by atoms with Crippen molar-refractivity contribution in [3.8, 4) is 5.75 Å². The third-order valence-corrected chi connectivity index (χ3v) is 8.22. The predicted molar refractivity (Wildman–Crippen MR) is 149 cm³/mol. The number of halogens is 4. The molecule has 0 bridgehead atoms. The van der Waals surface area contributed by atoms with Gasteiger partial charge in [0.2, 0.25) is 0 Å². The first kappa shape index (κ1) is 35.0. The molecular weight excluding hydrogens is 595 g/mol. The smallest absolute Gasteiger partial charge is 0.430 e. The minimum Gasteiger partial charge on any atom is -0.542 e. The van der Waals surface area contributed by atoms with Crippen molar-refractivity contribution in [1.29, 1.82) is 0 Å². The van der Waals surface area contributed by atoms with Gasteiger partial charge in [0.15, 0.2) is 0 Å². The lowest BCUT2D eigenvalue weighted by atomic mass is 9.90. The van der Waals surface area contributed by atoms with E-state index in [-0.39, 0.29) is 0 Å². The molecule has 0 unspecified atom stereocenters. The molecule has 5 atom stereocenters. The molecule has 2 saturated heterocycles. The summed E-state index contributed by atoms with van der Waals surface area (Å²) in [5.74, 6) is -2.16. The van der Waals surface area contributed by atoms with Crippen molar-refractivity contribution in [3.05, 3.63) is 64.2 Å². The molecule has 0 saturated carbocycles. The maximum absolute atomic E-state index is 10.5. The number of nitrogens with zero attached hydrogens (tertiary/aromatic N) is 1. The Bertz CT molecular complexity index is 1170. The summed E-state index contributed by atoms with van der Waals surface area (Å²) in [5, 5.41) is 49.5. The van der Waals surface area contributed by atoms with E-state index in [1.54, 1.807) is 12.1 Å². The van der Waals surface area contributed by atoms with Gasteiger partial charge in [-0.1, -0.05) is 35.9 Å². The Morgan fingerprint density at radius 1 is 1.05 bits per heavy atom. The minimum atomic E-state index is -5.19. The van der Waals surface area contributed by atoms with Crippen LogP contribution in [0.1, 0.15) is 48.5 Å². The minimum absolute atomic E-state index is 0.463. The molecule has 0 radical (unpaired) electrons. The molecule has 2 fully saturated rings. The summed E-state index contributed by atoms with van der Waals surface area (Å²) in [4.78, 5) is 8.78. The first-order valence-corrected chi connectivity index (χ1v) is 14.5. The van der Waals surface area contributed by atoms with Crippen LogP contribution in [0.5, 0.6) is 5.75 Å². The molecule has 0 spiro atoms. The molecule has 2 heterocycles. The van der Waals surface area contributed by atoms with E-state index in [9.17, 15) is 33.6 Å². The van der Waals surface area contributed by atoms with Crippen LogP contribution in [0.4, 0.5) is 13.2 Å². The van der Waals surface area contributed by atoms with E-state index >= 15 is 0 Å². The number of aliphatic hydroxyl groups excluding tert-OH is 4. The van der Waals surface area contributed by atoms with Crippen LogP contribution in [0.3, 0.4) is 0 Å². The highest BCUT2D eigenvalue weighted by Gasteiger charge is 2.44. The van der Waals surface area contributed by atoms with Gasteiger partial charge < -0.3 is 44.3 Å². The third-order valence-electron chi connectivity index (χ3n) is 7.85. The molecule has 2 aliphatic heterocycles. The average molecular weight is 634 g/mol. The van der Waals surface area contributed by atoms with Crippen molar-refractivity contribution in [3.63, 3.8) is 0 Å². The highest BCUT2D eigenvalue weighted by Crippen LogP contribution is 2.34. The molecule has 2 aromatic carbocycles. The summed E-state index contributed by atoms with van der Waals surface area (Å²) in [7, 11) is 2.36. The van der Waals surface area contributed by atoms with E-state index in [1.807, 2.05) is 30.3 Å². The zero-order chi connectivity index (χ0) is 31.8. The monoisotopic (exact) mass is 633 g/mol. The average Bonchev–Trinajstić information content (AvgIpc) is 3.40. The van der Waals surface area contributed by atoms with Crippen molar-refractivity contribution in [2.75, 3.05) is 39.9 Å². The first-order valence-electron chi connectivity index (χ1n) is 14.2. The van der Waals surface area contributed by atoms with E-state index in [0.29, 0.717) is 23.6 Å². The number of carbonyl (C=O) groups is 1. The second kappa shape index (κ2) is 15.5. The fraction of sp³-hybridized carbons (Fsp3) is 0.567. The number of carboxylic acids is 1. The largest absolute Gasteiger partial charge is 0.542 e. The van der Waals surface area contributed by atoms with Gasteiger partial charge >= 0.3 is 6.18 Å². The molecule has 4 N–H and O–H groups in total. The van der Waals surface area contributed by atoms with Gasteiger partial charge in [-0.15, -0.1) is 0 Å². The number of quaternary nitrogens is 1. The predicted octanol–water partition coefficient (Wildman–Crippen LogP) is 2.14. The molecule has 0 aliphatic carbocycles. The lowest BCUT2D eigenvalue weighted by molar-refractivity contribution is -0.897. The van der Waals surface area contributed by atoms with Crippen LogP contribution in [-0.2, 0) is 16.0 Å². The van der Waals surface area contributed by atoms with Crippen LogP contribution in [0.25, 0.3) is 0 Å². The highest BCUT2D eigenvalue weighted by atomic mass is 35.5. The fourth-order valence-electron chi connectivity index (χ4n) is 5.32. The Morgan fingerprint density at radius 3 is 2.26 bits per heavy atom. The lowest BCUT2D eigenvalue weighted by Crippen LogP contribution is -2.55. The van der Waals surface area contributed by atoms with E-state index in [1.165, 1.54) is 43.4 Å². The van der Waals surface area contributed by atoms with Crippen molar-refractivity contribution in [1.82, 2.24) is 0 Å². The number of alkyl halides is 3. The number of likely N-dealkylation sites (tertiary alicyclic amines) is 1. The Balaban J connectivity index is 0.000000646. The second-order valence-corrected chi connectivity index (χ2v) is 11.7. The molecule has 0 amide bonds. The third kappa shape index (κ3) is 10.0. The van der Waals surface area contributed by atoms with Gasteiger partial charge in [-0.2, -0.15) is 13.2 Å². The molecular formula is C30H39ClF3NO8. The molecule has 43 heavy (non-hydrogen) atoms. The summed E-state index contributed by atoms with van der Waals surface area (Å²) in [5.41, 5.74) is 2.52. The molecule has 0 aromatic heterocycles. The van der Waals surface area contributed by atoms with Crippen LogP contribution in [0.15, 0.2) is 42.5 Å². The number of hydrogen-bond donors (Lipinski definition) is 4. The normalized spacial score (nSPS) is 25.1. The van der Waals surface area contributed by atoms with Crippen LogP contribution < -0.4 is 9.84 Å². The Hall–Kier alpha value is -2.45. The van der Waals surface area contributed by atoms with Crippen LogP contribution >= 0.6 is 11.6 Å². The summed E-state index contributed by atoms with van der Waals surface area (Å²) in [6, 6.07) is 13.3. The number of carbonyl (C=O) groups excluding carboxylic acids is 1. The van der Waals surface area contributed by atoms with Crippen molar-refractivity contribution >= 4 is 17.6 Å². The van der Waals surface area contributed by atoms with Crippen LogP contribution in [0.2, 0.25) is 5.02 Å². The van der Waals surface area contributed by atoms with Gasteiger partial charge in [0.05, 0.1) is 39.9 Å². The van der Waals surface area contributed by atoms with E-state index in [4.69, 9.17) is 31.0 Å². The lowest BCUT2D eigenvalue weighted by Gasteiger charge is -2.40. The number of aliphatic hydroxyl groups is 4. The number of rotatable bonds is 10. The van der Waals surface area contributed by atoms with Gasteiger partial charge in [-0.25, -0.2) is 0 Å². The summed E-state index contributed by atoms with van der Waals surface area (Å²) in [6.45, 7) is 4.09. The summed E-state index contributed by atoms with van der Waals surface area (Å²) in [6.07, 6.45) is -5.67. The zero-order valence-electron chi connectivity index (χ0n) is 23.9. The second-order valence-electron chi connectivity index (χ2n) is 11.3. The zero-order valence-corrected chi connectivity index (χ0v) is 24.6. The topological polar surface area (TPSA) is 140 Å². The number of unbranched alkanes of at least 4 members (excludes halogenated alkanes) is 1. The number of benzene rings is 2. The Morgan fingerprint density at radius 2 is 1.67 bits per heavy atom. The quantitative estimate of drug-likeness (QED) is 0.231. The van der Waals surface area contributed by atoms with E-state index < -0.39 is 49.3 Å². The van der Waals surface area contributed by atoms with E-state index in [0.717, 1.165) is 23.3 Å². The van der Waals surface area contributed by atoms with Crippen LogP contribution in [-0.4, -0.2) is 101 Å². The Kier molecular flexibility index (Phi) is 12.6. The maximum Gasteiger partial charge on any atom is 0.430 e. The molecule has 240 valence electrons. The summed E-state index contributed by atoms with van der Waals surface area (Å²) < 4.78 is 44.4. The molecule has 2 aliphatic rings. The fourth-order valence-corrected chi connectivity index (χ4v) is 5.50. The molecule has 9 nitrogen and oxygen atoms in total. The molecule has 2 aromatic rings.